The summed E-state index contributed by atoms with van der Waals surface area (Å²) in [6.07, 6.45) is 0. The zero-order valence-electron chi connectivity index (χ0n) is 12.0. The van der Waals surface area contributed by atoms with Crippen molar-refractivity contribution in [1.82, 2.24) is 0 Å². The van der Waals surface area contributed by atoms with Crippen LogP contribution in [0.3, 0.4) is 0 Å². The van der Waals surface area contributed by atoms with Crippen molar-refractivity contribution in [2.24, 2.45) is 10.8 Å². The number of nitrogens with zero attached hydrogens (tertiary/aromatic N) is 2. The second kappa shape index (κ2) is 6.90. The summed E-state index contributed by atoms with van der Waals surface area (Å²) in [7, 11) is 0. The molecule has 0 radical (unpaired) electrons. The van der Waals surface area contributed by atoms with Gasteiger partial charge in [-0.2, -0.15) is 10.4 Å². The first-order valence-corrected chi connectivity index (χ1v) is 6.52. The number of para-hydroxylation sites is 2. The predicted octanol–water partition coefficient (Wildman–Crippen LogP) is 3.01. The third kappa shape index (κ3) is 3.61. The molecule has 0 aromatic heterocycles. The number of benzene rings is 2. The highest BCUT2D eigenvalue weighted by molar-refractivity contribution is 6.45. The minimum Gasteiger partial charge on any atom is -0.455 e. The van der Waals surface area contributed by atoms with E-state index < -0.39 is 5.84 Å². The van der Waals surface area contributed by atoms with Crippen LogP contribution in [0.25, 0.3) is 0 Å². The molecule has 2 aromatic carbocycles. The Bertz CT molecular complexity index is 747. The Balaban J connectivity index is 2.31. The van der Waals surface area contributed by atoms with E-state index in [0.29, 0.717) is 17.2 Å². The number of aryl methyl sites for hydroxylation is 1. The maximum atomic E-state index is 8.88. The number of nitrogens with one attached hydrogen (secondary N) is 2. The summed E-state index contributed by atoms with van der Waals surface area (Å²) < 4.78 is 5.82. The summed E-state index contributed by atoms with van der Waals surface area (Å²) in [4.78, 5) is 0. The van der Waals surface area contributed by atoms with Crippen molar-refractivity contribution in [1.29, 1.82) is 10.7 Å². The van der Waals surface area contributed by atoms with Gasteiger partial charge in [0, 0.05) is 0 Å². The van der Waals surface area contributed by atoms with E-state index in [1.165, 1.54) is 0 Å². The highest BCUT2D eigenvalue weighted by Crippen LogP contribution is 2.32. The summed E-state index contributed by atoms with van der Waals surface area (Å²) in [5.74, 6) is 0.858. The van der Waals surface area contributed by atoms with Crippen LogP contribution in [0.5, 0.6) is 11.5 Å². The van der Waals surface area contributed by atoms with Gasteiger partial charge in [0.05, 0.1) is 0 Å². The fourth-order valence-electron chi connectivity index (χ4n) is 1.74. The zero-order valence-corrected chi connectivity index (χ0v) is 12.0. The van der Waals surface area contributed by atoms with Gasteiger partial charge in [-0.1, -0.05) is 30.3 Å². The van der Waals surface area contributed by atoms with Crippen LogP contribution in [0, 0.1) is 23.7 Å². The molecule has 4 N–H and O–H groups in total. The molecule has 0 atom stereocenters. The number of amidine groups is 1. The Hall–Kier alpha value is -3.33. The number of ether oxygens (including phenoxy) is 1. The van der Waals surface area contributed by atoms with E-state index in [1.54, 1.807) is 12.1 Å². The van der Waals surface area contributed by atoms with E-state index >= 15 is 0 Å². The lowest BCUT2D eigenvalue weighted by Crippen LogP contribution is -2.22. The van der Waals surface area contributed by atoms with Crippen LogP contribution < -0.4 is 15.9 Å². The van der Waals surface area contributed by atoms with Crippen LogP contribution in [0.1, 0.15) is 5.56 Å². The van der Waals surface area contributed by atoms with E-state index in [9.17, 15) is 0 Å². The van der Waals surface area contributed by atoms with Crippen LogP contribution in [0.15, 0.2) is 53.6 Å². The minimum atomic E-state index is -0.394. The normalized spacial score (nSPS) is 10.6. The molecular formula is C16H15N5O. The second-order valence-electron chi connectivity index (χ2n) is 4.46. The van der Waals surface area contributed by atoms with Crippen LogP contribution >= 0.6 is 0 Å². The van der Waals surface area contributed by atoms with Gasteiger partial charge in [-0.15, -0.1) is 0 Å². The summed E-state index contributed by atoms with van der Waals surface area (Å²) in [5.41, 5.74) is 9.34. The zero-order chi connectivity index (χ0) is 15.9. The Morgan fingerprint density at radius 3 is 2.59 bits per heavy atom. The molecule has 0 heterocycles. The summed E-state index contributed by atoms with van der Waals surface area (Å²) in [6, 6.07) is 16.6. The summed E-state index contributed by atoms with van der Waals surface area (Å²) in [6.45, 7) is 1.88. The van der Waals surface area contributed by atoms with Gasteiger partial charge in [-0.3, -0.25) is 10.8 Å². The number of rotatable bonds is 5. The predicted molar refractivity (Wildman–Crippen MR) is 86.3 cm³/mol. The number of hydrogen-bond acceptors (Lipinski definition) is 5. The molecule has 0 saturated carbocycles. The second-order valence-corrected chi connectivity index (χ2v) is 4.46. The SMILES string of the molecule is Cc1cccc(Oc2ccccc2)c1N/N=C(\C#N)C(=N)N. The van der Waals surface area contributed by atoms with Crippen LogP contribution in [-0.2, 0) is 0 Å². The first-order chi connectivity index (χ1) is 10.6. The summed E-state index contributed by atoms with van der Waals surface area (Å²) >= 11 is 0. The van der Waals surface area contributed by atoms with Crippen LogP contribution in [-0.4, -0.2) is 11.5 Å². The molecule has 6 nitrogen and oxygen atoms in total. The molecule has 2 aromatic rings. The Kier molecular flexibility index (Phi) is 4.73. The number of hydrazone groups is 1. The highest BCUT2D eigenvalue weighted by atomic mass is 16.5. The third-order valence-electron chi connectivity index (χ3n) is 2.85. The van der Waals surface area contributed by atoms with Crippen molar-refractivity contribution in [3.8, 4) is 17.6 Å². The standard InChI is InChI=1S/C16H15N5O/c1-11-6-5-9-14(22-12-7-3-2-4-8-12)15(11)21-20-13(10-17)16(18)19/h2-9,21H,1H3,(H3,18,19)/b20-13+. The van der Waals surface area contributed by atoms with E-state index in [1.807, 2.05) is 49.4 Å². The molecule has 110 valence electrons. The number of anilines is 1. The maximum absolute atomic E-state index is 8.88. The molecule has 0 spiro atoms. The molecule has 2 rings (SSSR count). The van der Waals surface area contributed by atoms with Crippen LogP contribution in [0.4, 0.5) is 5.69 Å². The van der Waals surface area contributed by atoms with Crippen molar-refractivity contribution in [3.05, 3.63) is 54.1 Å². The first-order valence-electron chi connectivity index (χ1n) is 6.52. The molecule has 22 heavy (non-hydrogen) atoms. The largest absolute Gasteiger partial charge is 0.455 e. The molecule has 0 amide bonds. The monoisotopic (exact) mass is 293 g/mol. The quantitative estimate of drug-likeness (QED) is 0.447. The van der Waals surface area contributed by atoms with Crippen molar-refractivity contribution >= 4 is 17.2 Å². The smallest absolute Gasteiger partial charge is 0.201 e. The van der Waals surface area contributed by atoms with E-state index in [4.69, 9.17) is 21.1 Å². The molecule has 0 unspecified atom stereocenters. The Morgan fingerprint density at radius 2 is 1.95 bits per heavy atom. The van der Waals surface area contributed by atoms with E-state index in [-0.39, 0.29) is 5.71 Å². The van der Waals surface area contributed by atoms with Gasteiger partial charge in [0.1, 0.15) is 17.5 Å². The molecule has 6 heteroatoms. The average molecular weight is 293 g/mol. The van der Waals surface area contributed by atoms with Gasteiger partial charge >= 0.3 is 0 Å². The van der Waals surface area contributed by atoms with E-state index in [0.717, 1.165) is 5.56 Å². The van der Waals surface area contributed by atoms with Crippen molar-refractivity contribution in [3.63, 3.8) is 0 Å². The summed E-state index contributed by atoms with van der Waals surface area (Å²) in [5, 5.41) is 20.0. The highest BCUT2D eigenvalue weighted by Gasteiger charge is 2.09. The number of nitriles is 1. The van der Waals surface area contributed by atoms with Gasteiger partial charge in [0.2, 0.25) is 5.71 Å². The fourth-order valence-corrected chi connectivity index (χ4v) is 1.74. The van der Waals surface area contributed by atoms with Gasteiger partial charge in [0.25, 0.3) is 0 Å². The van der Waals surface area contributed by atoms with Crippen LogP contribution in [0.2, 0.25) is 0 Å². The van der Waals surface area contributed by atoms with Gasteiger partial charge in [0.15, 0.2) is 11.6 Å². The van der Waals surface area contributed by atoms with Gasteiger partial charge in [-0.25, -0.2) is 0 Å². The fraction of sp³-hybridized carbons (Fsp3) is 0.0625. The van der Waals surface area contributed by atoms with Crippen molar-refractivity contribution in [2.75, 3.05) is 5.43 Å². The molecule has 0 aliphatic carbocycles. The molecule has 0 fully saturated rings. The molecule has 0 bridgehead atoms. The maximum Gasteiger partial charge on any atom is 0.201 e. The molecule has 0 aliphatic rings. The average Bonchev–Trinajstić information content (AvgIpc) is 2.51. The van der Waals surface area contributed by atoms with E-state index in [2.05, 4.69) is 10.5 Å². The lowest BCUT2D eigenvalue weighted by Gasteiger charge is -2.13. The van der Waals surface area contributed by atoms with Gasteiger partial charge < -0.3 is 10.5 Å². The molecular weight excluding hydrogens is 278 g/mol. The lowest BCUT2D eigenvalue weighted by molar-refractivity contribution is 0.484. The number of nitrogens with two attached hydrogens (primary N) is 1. The third-order valence-corrected chi connectivity index (χ3v) is 2.85. The lowest BCUT2D eigenvalue weighted by atomic mass is 10.2. The Labute approximate surface area is 128 Å². The Morgan fingerprint density at radius 1 is 1.23 bits per heavy atom. The number of hydrogen-bond donors (Lipinski definition) is 3. The minimum absolute atomic E-state index is 0.186. The topological polar surface area (TPSA) is 107 Å². The first kappa shape index (κ1) is 15.1. The van der Waals surface area contributed by atoms with Gasteiger partial charge in [-0.05, 0) is 30.7 Å². The molecule has 0 aliphatic heterocycles. The van der Waals surface area contributed by atoms with Crippen molar-refractivity contribution in [2.45, 2.75) is 6.92 Å². The van der Waals surface area contributed by atoms with Crippen molar-refractivity contribution < 1.29 is 4.74 Å². The molecule has 0 saturated heterocycles.